The van der Waals surface area contributed by atoms with E-state index in [1.165, 1.54) is 31.2 Å². The highest BCUT2D eigenvalue weighted by molar-refractivity contribution is 7.99. The van der Waals surface area contributed by atoms with Gasteiger partial charge >= 0.3 is 5.97 Å². The van der Waals surface area contributed by atoms with Crippen LogP contribution in [0.15, 0.2) is 53.4 Å². The molecule has 2 aromatic rings. The number of carbonyl (C=O) groups excluding carboxylic acids is 2. The van der Waals surface area contributed by atoms with Gasteiger partial charge < -0.3 is 10.1 Å². The second-order valence-electron chi connectivity index (χ2n) is 5.69. The summed E-state index contributed by atoms with van der Waals surface area (Å²) < 4.78 is 29.7. The Morgan fingerprint density at radius 3 is 2.27 bits per heavy atom. The third-order valence-electron chi connectivity index (χ3n) is 3.49. The van der Waals surface area contributed by atoms with E-state index >= 15 is 0 Å². The number of hydrogen-bond acceptors (Lipinski definition) is 4. The van der Waals surface area contributed by atoms with Crippen LogP contribution in [0.1, 0.15) is 18.1 Å². The number of aryl methyl sites for hydroxylation is 1. The number of anilines is 1. The van der Waals surface area contributed by atoms with Gasteiger partial charge in [-0.25, -0.2) is 0 Å². The van der Waals surface area contributed by atoms with Crippen LogP contribution in [-0.4, -0.2) is 23.7 Å². The van der Waals surface area contributed by atoms with E-state index in [4.69, 9.17) is 4.74 Å². The fraction of sp³-hybridized carbons (Fsp3) is 0.263. The van der Waals surface area contributed by atoms with Crippen LogP contribution in [0, 0.1) is 6.92 Å². The predicted molar refractivity (Wildman–Crippen MR) is 97.4 cm³/mol. The molecule has 0 radical (unpaired) electrons. The molecule has 0 aliphatic carbocycles. The van der Waals surface area contributed by atoms with Crippen molar-refractivity contribution in [3.05, 3.63) is 59.7 Å². The number of esters is 1. The first-order valence-corrected chi connectivity index (χ1v) is 8.82. The van der Waals surface area contributed by atoms with E-state index in [-0.39, 0.29) is 6.42 Å². The smallest absolute Gasteiger partial charge is 0.311 e. The molecule has 0 spiro atoms. The van der Waals surface area contributed by atoms with Crippen molar-refractivity contribution in [1.29, 1.82) is 0 Å². The molecule has 7 heteroatoms. The van der Waals surface area contributed by atoms with Crippen molar-refractivity contribution < 1.29 is 23.1 Å². The Morgan fingerprint density at radius 2 is 1.69 bits per heavy atom. The van der Waals surface area contributed by atoms with Gasteiger partial charge in [0, 0.05) is 10.6 Å². The second-order valence-corrected chi connectivity index (χ2v) is 6.75. The number of halogens is 2. The van der Waals surface area contributed by atoms with Crippen molar-refractivity contribution >= 4 is 29.3 Å². The molecule has 0 unspecified atom stereocenters. The van der Waals surface area contributed by atoms with Gasteiger partial charge in [0.15, 0.2) is 6.10 Å². The number of thioether (sulfide) groups is 1. The standard InChI is InChI=1S/C19H19F2NO3S/c1-12-3-5-14(6-4-12)11-17(23)25-13(2)18(24)22-15-7-9-16(10-8-15)26-19(20)21/h3-10,13,19H,11H2,1-2H3,(H,22,24)/t13-/m0/s1. The van der Waals surface area contributed by atoms with Crippen LogP contribution < -0.4 is 5.32 Å². The zero-order valence-corrected chi connectivity index (χ0v) is 15.2. The van der Waals surface area contributed by atoms with Crippen LogP contribution in [0.2, 0.25) is 0 Å². The SMILES string of the molecule is Cc1ccc(CC(=O)O[C@@H](C)C(=O)Nc2ccc(SC(F)F)cc2)cc1. The molecule has 2 aromatic carbocycles. The van der Waals surface area contributed by atoms with Crippen molar-refractivity contribution in [3.63, 3.8) is 0 Å². The Morgan fingerprint density at radius 1 is 1.08 bits per heavy atom. The summed E-state index contributed by atoms with van der Waals surface area (Å²) >= 11 is 0.427. The maximum absolute atomic E-state index is 12.3. The average Bonchev–Trinajstić information content (AvgIpc) is 2.58. The summed E-state index contributed by atoms with van der Waals surface area (Å²) in [6, 6.07) is 13.5. The largest absolute Gasteiger partial charge is 0.452 e. The van der Waals surface area contributed by atoms with E-state index in [1.54, 1.807) is 0 Å². The number of benzene rings is 2. The van der Waals surface area contributed by atoms with Gasteiger partial charge in [-0.15, -0.1) is 0 Å². The van der Waals surface area contributed by atoms with Gasteiger partial charge in [-0.3, -0.25) is 9.59 Å². The number of rotatable bonds is 7. The van der Waals surface area contributed by atoms with Crippen LogP contribution in [0.3, 0.4) is 0 Å². The number of carbonyl (C=O) groups is 2. The van der Waals surface area contributed by atoms with E-state index in [9.17, 15) is 18.4 Å². The monoisotopic (exact) mass is 379 g/mol. The van der Waals surface area contributed by atoms with E-state index < -0.39 is 23.7 Å². The molecular formula is C19H19F2NO3S. The Bertz CT molecular complexity index is 748. The molecule has 1 N–H and O–H groups in total. The van der Waals surface area contributed by atoms with Crippen LogP contribution >= 0.6 is 11.8 Å². The summed E-state index contributed by atoms with van der Waals surface area (Å²) in [5.74, 6) is -3.49. The van der Waals surface area contributed by atoms with Gasteiger partial charge in [-0.1, -0.05) is 41.6 Å². The molecule has 0 aliphatic heterocycles. The first-order chi connectivity index (χ1) is 12.3. The number of alkyl halides is 2. The van der Waals surface area contributed by atoms with E-state index in [0.29, 0.717) is 22.3 Å². The van der Waals surface area contributed by atoms with E-state index in [1.807, 2.05) is 31.2 Å². The summed E-state index contributed by atoms with van der Waals surface area (Å²) in [6.07, 6.45) is -0.889. The highest BCUT2D eigenvalue weighted by Gasteiger charge is 2.18. The maximum Gasteiger partial charge on any atom is 0.311 e. The number of nitrogens with one attached hydrogen (secondary N) is 1. The molecule has 0 aliphatic rings. The molecule has 2 rings (SSSR count). The molecule has 1 amide bonds. The lowest BCUT2D eigenvalue weighted by atomic mass is 10.1. The van der Waals surface area contributed by atoms with Crippen molar-refractivity contribution in [3.8, 4) is 0 Å². The Kier molecular flexibility index (Phi) is 7.15. The summed E-state index contributed by atoms with van der Waals surface area (Å²) in [6.45, 7) is 3.43. The van der Waals surface area contributed by atoms with Gasteiger partial charge in [-0.2, -0.15) is 8.78 Å². The lowest BCUT2D eigenvalue weighted by molar-refractivity contribution is -0.152. The van der Waals surface area contributed by atoms with Crippen molar-refractivity contribution in [1.82, 2.24) is 0 Å². The Hall–Kier alpha value is -2.41. The first-order valence-electron chi connectivity index (χ1n) is 7.94. The lowest BCUT2D eigenvalue weighted by Gasteiger charge is -2.14. The van der Waals surface area contributed by atoms with E-state index in [2.05, 4.69) is 5.32 Å². The third-order valence-corrected chi connectivity index (χ3v) is 4.22. The number of hydrogen-bond donors (Lipinski definition) is 1. The van der Waals surface area contributed by atoms with E-state index in [0.717, 1.165) is 11.1 Å². The van der Waals surface area contributed by atoms with Crippen LogP contribution in [0.25, 0.3) is 0 Å². The minimum absolute atomic E-state index is 0.0808. The van der Waals surface area contributed by atoms with Crippen molar-refractivity contribution in [2.75, 3.05) is 5.32 Å². The second kappa shape index (κ2) is 9.33. The first kappa shape index (κ1) is 19.9. The molecule has 1 atom stereocenters. The Balaban J connectivity index is 1.84. The van der Waals surface area contributed by atoms with Gasteiger partial charge in [0.25, 0.3) is 11.7 Å². The quantitative estimate of drug-likeness (QED) is 0.571. The predicted octanol–water partition coefficient (Wildman–Crippen LogP) is 4.42. The summed E-state index contributed by atoms with van der Waals surface area (Å²) in [5, 5.41) is 2.59. The average molecular weight is 379 g/mol. The minimum atomic E-state index is -2.50. The summed E-state index contributed by atoms with van der Waals surface area (Å²) in [7, 11) is 0. The normalized spacial score (nSPS) is 11.9. The molecule has 0 bridgehead atoms. The lowest BCUT2D eigenvalue weighted by Crippen LogP contribution is -2.30. The van der Waals surface area contributed by atoms with Crippen LogP contribution in [0.5, 0.6) is 0 Å². The van der Waals surface area contributed by atoms with Gasteiger partial charge in [0.05, 0.1) is 6.42 Å². The maximum atomic E-state index is 12.3. The Labute approximate surface area is 154 Å². The van der Waals surface area contributed by atoms with Crippen molar-refractivity contribution in [2.24, 2.45) is 0 Å². The molecule has 0 saturated heterocycles. The molecule has 0 heterocycles. The molecule has 0 saturated carbocycles. The van der Waals surface area contributed by atoms with Crippen molar-refractivity contribution in [2.45, 2.75) is 37.0 Å². The topological polar surface area (TPSA) is 55.4 Å². The molecular weight excluding hydrogens is 360 g/mol. The zero-order valence-electron chi connectivity index (χ0n) is 14.4. The molecule has 26 heavy (non-hydrogen) atoms. The van der Waals surface area contributed by atoms with Crippen LogP contribution in [0.4, 0.5) is 14.5 Å². The third kappa shape index (κ3) is 6.48. The number of ether oxygens (including phenoxy) is 1. The fourth-order valence-corrected chi connectivity index (χ4v) is 2.63. The minimum Gasteiger partial charge on any atom is -0.452 e. The molecule has 4 nitrogen and oxygen atoms in total. The number of amides is 1. The van der Waals surface area contributed by atoms with Gasteiger partial charge in [-0.05, 0) is 43.7 Å². The zero-order chi connectivity index (χ0) is 19.1. The highest BCUT2D eigenvalue weighted by Crippen LogP contribution is 2.26. The molecule has 0 fully saturated rings. The van der Waals surface area contributed by atoms with Gasteiger partial charge in [0.1, 0.15) is 0 Å². The molecule has 138 valence electrons. The summed E-state index contributed by atoms with van der Waals surface area (Å²) in [5.41, 5.74) is 2.34. The molecule has 0 aromatic heterocycles. The fourth-order valence-electron chi connectivity index (χ4n) is 2.13. The van der Waals surface area contributed by atoms with Gasteiger partial charge in [0.2, 0.25) is 0 Å². The van der Waals surface area contributed by atoms with Crippen LogP contribution in [-0.2, 0) is 20.7 Å². The summed E-state index contributed by atoms with van der Waals surface area (Å²) in [4.78, 5) is 24.4. The highest BCUT2D eigenvalue weighted by atomic mass is 32.2.